The molecule has 0 spiro atoms. The highest BCUT2D eigenvalue weighted by atomic mass is 16.5. The summed E-state index contributed by atoms with van der Waals surface area (Å²) in [6.07, 6.45) is 2.27. The SMILES string of the molecule is COc1ccc(CCN(C)C(=O)CCc2c(C)nn(CCC#N)c2C)cc1OC. The van der Waals surface area contributed by atoms with E-state index in [1.165, 1.54) is 0 Å². The van der Waals surface area contributed by atoms with Gasteiger partial charge in [0.1, 0.15) is 0 Å². The number of hydrogen-bond donors (Lipinski definition) is 0. The molecule has 7 heteroatoms. The Morgan fingerprint density at radius 3 is 2.59 bits per heavy atom. The van der Waals surface area contributed by atoms with Crippen LogP contribution in [0.3, 0.4) is 0 Å². The molecule has 0 radical (unpaired) electrons. The maximum Gasteiger partial charge on any atom is 0.222 e. The first-order chi connectivity index (χ1) is 13.9. The average molecular weight is 399 g/mol. The van der Waals surface area contributed by atoms with Crippen molar-refractivity contribution < 1.29 is 14.3 Å². The van der Waals surface area contributed by atoms with E-state index in [-0.39, 0.29) is 5.91 Å². The molecule has 0 saturated heterocycles. The van der Waals surface area contributed by atoms with Gasteiger partial charge in [-0.05, 0) is 49.9 Å². The molecule has 0 saturated carbocycles. The summed E-state index contributed by atoms with van der Waals surface area (Å²) >= 11 is 0. The molecule has 1 aromatic carbocycles. The van der Waals surface area contributed by atoms with Crippen LogP contribution >= 0.6 is 0 Å². The fraction of sp³-hybridized carbons (Fsp3) is 0.500. The Morgan fingerprint density at radius 2 is 1.93 bits per heavy atom. The molecule has 29 heavy (non-hydrogen) atoms. The summed E-state index contributed by atoms with van der Waals surface area (Å²) in [6, 6.07) is 7.95. The highest BCUT2D eigenvalue weighted by Gasteiger charge is 2.15. The first-order valence-corrected chi connectivity index (χ1v) is 9.76. The van der Waals surface area contributed by atoms with Crippen LogP contribution in [0, 0.1) is 25.2 Å². The van der Waals surface area contributed by atoms with Gasteiger partial charge < -0.3 is 14.4 Å². The molecule has 2 rings (SSSR count). The minimum atomic E-state index is 0.106. The second-order valence-corrected chi connectivity index (χ2v) is 7.04. The van der Waals surface area contributed by atoms with Crippen LogP contribution in [0.25, 0.3) is 0 Å². The summed E-state index contributed by atoms with van der Waals surface area (Å²) in [5.41, 5.74) is 4.16. The molecular weight excluding hydrogens is 368 g/mol. The average Bonchev–Trinajstić information content (AvgIpc) is 3.00. The minimum Gasteiger partial charge on any atom is -0.493 e. The van der Waals surface area contributed by atoms with E-state index in [1.54, 1.807) is 19.1 Å². The third-order valence-corrected chi connectivity index (χ3v) is 5.17. The van der Waals surface area contributed by atoms with E-state index < -0.39 is 0 Å². The van der Waals surface area contributed by atoms with E-state index in [0.717, 1.165) is 28.9 Å². The molecule has 0 aliphatic rings. The molecule has 1 aromatic heterocycles. The maximum atomic E-state index is 12.6. The topological polar surface area (TPSA) is 80.4 Å². The number of benzene rings is 1. The molecule has 1 heterocycles. The Labute approximate surface area is 172 Å². The van der Waals surface area contributed by atoms with Gasteiger partial charge in [0.15, 0.2) is 11.5 Å². The third-order valence-electron chi connectivity index (χ3n) is 5.17. The van der Waals surface area contributed by atoms with Crippen LogP contribution in [-0.2, 0) is 24.2 Å². The molecule has 0 fully saturated rings. The molecule has 0 N–H and O–H groups in total. The van der Waals surface area contributed by atoms with Crippen molar-refractivity contribution in [3.05, 3.63) is 40.7 Å². The Kier molecular flexibility index (Phi) is 8.08. The maximum absolute atomic E-state index is 12.6. The fourth-order valence-electron chi connectivity index (χ4n) is 3.35. The van der Waals surface area contributed by atoms with Gasteiger partial charge in [-0.2, -0.15) is 10.4 Å². The summed E-state index contributed by atoms with van der Waals surface area (Å²) in [5.74, 6) is 1.49. The van der Waals surface area contributed by atoms with Crippen molar-refractivity contribution in [3.63, 3.8) is 0 Å². The van der Waals surface area contributed by atoms with E-state index in [2.05, 4.69) is 11.2 Å². The normalized spacial score (nSPS) is 10.5. The lowest BCUT2D eigenvalue weighted by molar-refractivity contribution is -0.129. The Morgan fingerprint density at radius 1 is 1.21 bits per heavy atom. The quantitative estimate of drug-likeness (QED) is 0.614. The molecule has 1 amide bonds. The second kappa shape index (κ2) is 10.5. The lowest BCUT2D eigenvalue weighted by Gasteiger charge is -2.18. The number of nitrogens with zero attached hydrogens (tertiary/aromatic N) is 4. The van der Waals surface area contributed by atoms with Crippen molar-refractivity contribution in [2.24, 2.45) is 0 Å². The van der Waals surface area contributed by atoms with Gasteiger partial charge in [0.25, 0.3) is 0 Å². The molecule has 2 aromatic rings. The largest absolute Gasteiger partial charge is 0.493 e. The summed E-state index contributed by atoms with van der Waals surface area (Å²) in [7, 11) is 5.06. The molecule has 0 aliphatic heterocycles. The highest BCUT2D eigenvalue weighted by Crippen LogP contribution is 2.27. The van der Waals surface area contributed by atoms with Gasteiger partial charge in [0, 0.05) is 25.7 Å². The number of aromatic nitrogens is 2. The lowest BCUT2D eigenvalue weighted by atomic mass is 10.1. The van der Waals surface area contributed by atoms with Crippen LogP contribution in [0.1, 0.15) is 35.4 Å². The summed E-state index contributed by atoms with van der Waals surface area (Å²) in [4.78, 5) is 14.3. The number of amides is 1. The van der Waals surface area contributed by atoms with Crippen LogP contribution in [0.15, 0.2) is 18.2 Å². The third kappa shape index (κ3) is 5.74. The number of methoxy groups -OCH3 is 2. The first kappa shape index (κ1) is 22.3. The van der Waals surface area contributed by atoms with Gasteiger partial charge >= 0.3 is 0 Å². The Balaban J connectivity index is 1.90. The number of carbonyl (C=O) groups excluding carboxylic acids is 1. The van der Waals surface area contributed by atoms with Gasteiger partial charge in [-0.1, -0.05) is 6.07 Å². The van der Waals surface area contributed by atoms with Gasteiger partial charge in [0.05, 0.1) is 38.9 Å². The van der Waals surface area contributed by atoms with Crippen molar-refractivity contribution in [3.8, 4) is 17.6 Å². The van der Waals surface area contributed by atoms with E-state index in [9.17, 15) is 4.79 Å². The zero-order valence-corrected chi connectivity index (χ0v) is 18.0. The van der Waals surface area contributed by atoms with Crippen molar-refractivity contribution in [2.75, 3.05) is 27.8 Å². The lowest BCUT2D eigenvalue weighted by Crippen LogP contribution is -2.29. The van der Waals surface area contributed by atoms with Crippen molar-refractivity contribution in [1.29, 1.82) is 5.26 Å². The van der Waals surface area contributed by atoms with Gasteiger partial charge in [-0.3, -0.25) is 9.48 Å². The Hall–Kier alpha value is -3.01. The highest BCUT2D eigenvalue weighted by molar-refractivity contribution is 5.76. The predicted octanol–water partition coefficient (Wildman–Crippen LogP) is 3.06. The molecule has 0 bridgehead atoms. The number of carbonyl (C=O) groups is 1. The number of ether oxygens (including phenoxy) is 2. The molecule has 156 valence electrons. The number of nitriles is 1. The van der Waals surface area contributed by atoms with Crippen molar-refractivity contribution in [2.45, 2.75) is 46.1 Å². The molecule has 0 aliphatic carbocycles. The number of likely N-dealkylation sites (N-methyl/N-ethyl adjacent to an activating group) is 1. The van der Waals surface area contributed by atoms with Crippen molar-refractivity contribution in [1.82, 2.24) is 14.7 Å². The van der Waals surface area contributed by atoms with Crippen molar-refractivity contribution >= 4 is 5.91 Å². The number of hydrogen-bond acceptors (Lipinski definition) is 5. The van der Waals surface area contributed by atoms with E-state index >= 15 is 0 Å². The number of rotatable bonds is 10. The van der Waals surface area contributed by atoms with Crippen LogP contribution in [0.2, 0.25) is 0 Å². The van der Waals surface area contributed by atoms with Crippen LogP contribution in [0.4, 0.5) is 0 Å². The fourth-order valence-corrected chi connectivity index (χ4v) is 3.35. The minimum absolute atomic E-state index is 0.106. The molecule has 0 unspecified atom stereocenters. The van der Waals surface area contributed by atoms with E-state index in [4.69, 9.17) is 14.7 Å². The van der Waals surface area contributed by atoms with Crippen LogP contribution in [0.5, 0.6) is 11.5 Å². The first-order valence-electron chi connectivity index (χ1n) is 9.76. The zero-order valence-electron chi connectivity index (χ0n) is 18.0. The number of aryl methyl sites for hydroxylation is 2. The monoisotopic (exact) mass is 398 g/mol. The smallest absolute Gasteiger partial charge is 0.222 e. The predicted molar refractivity (Wildman–Crippen MR) is 111 cm³/mol. The van der Waals surface area contributed by atoms with Gasteiger partial charge in [0.2, 0.25) is 5.91 Å². The Bertz CT molecular complexity index is 883. The van der Waals surface area contributed by atoms with Gasteiger partial charge in [-0.25, -0.2) is 0 Å². The summed E-state index contributed by atoms with van der Waals surface area (Å²) in [6.45, 7) is 5.17. The van der Waals surface area contributed by atoms with Crippen LogP contribution < -0.4 is 9.47 Å². The standard InChI is InChI=1S/C22H30N4O3/c1-16-19(17(2)26(24-16)13-6-12-23)8-10-22(27)25(3)14-11-18-7-9-20(28-4)21(15-18)29-5/h7,9,15H,6,8,10-11,13-14H2,1-5H3. The van der Waals surface area contributed by atoms with E-state index in [1.807, 2.05) is 43.8 Å². The van der Waals surface area contributed by atoms with Gasteiger partial charge in [-0.15, -0.1) is 0 Å². The molecule has 0 atom stereocenters. The van der Waals surface area contributed by atoms with E-state index in [0.29, 0.717) is 43.9 Å². The second-order valence-electron chi connectivity index (χ2n) is 7.04. The summed E-state index contributed by atoms with van der Waals surface area (Å²) < 4.78 is 12.5. The molecular formula is C22H30N4O3. The van der Waals surface area contributed by atoms with Crippen LogP contribution in [-0.4, -0.2) is 48.4 Å². The molecule has 7 nitrogen and oxygen atoms in total. The summed E-state index contributed by atoms with van der Waals surface area (Å²) in [5, 5.41) is 13.3. The zero-order chi connectivity index (χ0) is 21.4.